The summed E-state index contributed by atoms with van der Waals surface area (Å²) in [5.41, 5.74) is 1.06. The normalized spacial score (nSPS) is 10.9. The Hall–Kier alpha value is -1.71. The number of H-pyrrole nitrogens is 1. The molecule has 2 rings (SSSR count). The van der Waals surface area contributed by atoms with Gasteiger partial charge in [-0.25, -0.2) is 8.78 Å². The summed E-state index contributed by atoms with van der Waals surface area (Å²) >= 11 is 0. The van der Waals surface area contributed by atoms with Crippen molar-refractivity contribution in [1.29, 1.82) is 0 Å². The first-order valence-electron chi connectivity index (χ1n) is 4.62. The van der Waals surface area contributed by atoms with Crippen LogP contribution in [0.5, 0.6) is 0 Å². The zero-order valence-corrected chi connectivity index (χ0v) is 8.10. The van der Waals surface area contributed by atoms with Gasteiger partial charge in [-0.3, -0.25) is 4.79 Å². The predicted octanol–water partition coefficient (Wildman–Crippen LogP) is 2.82. The third-order valence-corrected chi connectivity index (χ3v) is 2.47. The first-order valence-corrected chi connectivity index (χ1v) is 4.62. The molecule has 1 aromatic carbocycles. The molecule has 0 aliphatic heterocycles. The smallest absolute Gasteiger partial charge is 0.162 e. The maximum absolute atomic E-state index is 13.4. The van der Waals surface area contributed by atoms with Crippen LogP contribution in [0.2, 0.25) is 0 Å². The van der Waals surface area contributed by atoms with Crippen molar-refractivity contribution in [2.75, 3.05) is 0 Å². The highest BCUT2D eigenvalue weighted by Crippen LogP contribution is 2.26. The van der Waals surface area contributed by atoms with Crippen molar-refractivity contribution in [2.24, 2.45) is 0 Å². The molecule has 4 heteroatoms. The predicted molar refractivity (Wildman–Crippen MR) is 53.0 cm³/mol. The van der Waals surface area contributed by atoms with Gasteiger partial charge in [-0.05, 0) is 6.42 Å². The number of aromatic nitrogens is 1. The molecular formula is C11H9F2NO. The van der Waals surface area contributed by atoms with Crippen LogP contribution >= 0.6 is 0 Å². The third kappa shape index (κ3) is 1.33. The maximum Gasteiger partial charge on any atom is 0.162 e. The van der Waals surface area contributed by atoms with Gasteiger partial charge in [-0.2, -0.15) is 0 Å². The van der Waals surface area contributed by atoms with E-state index in [-0.39, 0.29) is 5.56 Å². The van der Waals surface area contributed by atoms with Gasteiger partial charge in [0, 0.05) is 34.3 Å². The number of halogens is 2. The minimum absolute atomic E-state index is 0.244. The molecule has 0 aliphatic rings. The van der Waals surface area contributed by atoms with E-state index in [1.807, 2.05) is 0 Å². The van der Waals surface area contributed by atoms with Crippen LogP contribution in [0.1, 0.15) is 22.8 Å². The number of benzene rings is 1. The molecule has 0 bridgehead atoms. The number of rotatable bonds is 2. The molecule has 0 spiro atoms. The van der Waals surface area contributed by atoms with Crippen LogP contribution in [0.15, 0.2) is 12.3 Å². The quantitative estimate of drug-likeness (QED) is 0.758. The summed E-state index contributed by atoms with van der Waals surface area (Å²) in [7, 11) is 0. The summed E-state index contributed by atoms with van der Waals surface area (Å²) in [6.45, 7) is 1.72. The summed E-state index contributed by atoms with van der Waals surface area (Å²) in [6.07, 6.45) is 2.43. The highest BCUT2D eigenvalue weighted by molar-refractivity contribution is 5.99. The van der Waals surface area contributed by atoms with Crippen LogP contribution in [0.4, 0.5) is 8.78 Å². The standard InChI is InChI=1S/C11H9F2NO/c1-2-7-10-6(5-15)4-14-9(10)3-8(12)11(7)13/h3-5,14H,2H2,1H3. The summed E-state index contributed by atoms with van der Waals surface area (Å²) in [5.74, 6) is -1.76. The van der Waals surface area contributed by atoms with E-state index in [9.17, 15) is 13.6 Å². The summed E-state index contributed by atoms with van der Waals surface area (Å²) in [6, 6.07) is 1.07. The van der Waals surface area contributed by atoms with Gasteiger partial charge >= 0.3 is 0 Å². The van der Waals surface area contributed by atoms with Gasteiger partial charge in [-0.15, -0.1) is 0 Å². The van der Waals surface area contributed by atoms with Crippen molar-refractivity contribution < 1.29 is 13.6 Å². The lowest BCUT2D eigenvalue weighted by atomic mass is 10.0. The molecule has 0 aliphatic carbocycles. The number of hydrogen-bond acceptors (Lipinski definition) is 1. The zero-order valence-electron chi connectivity index (χ0n) is 8.10. The number of fused-ring (bicyclic) bond motifs is 1. The first-order chi connectivity index (χ1) is 7.19. The second kappa shape index (κ2) is 3.46. The van der Waals surface area contributed by atoms with Crippen molar-refractivity contribution in [2.45, 2.75) is 13.3 Å². The molecule has 0 unspecified atom stereocenters. The van der Waals surface area contributed by atoms with Gasteiger partial charge in [0.1, 0.15) is 0 Å². The molecular weight excluding hydrogens is 200 g/mol. The summed E-state index contributed by atoms with van der Waals surface area (Å²) in [5, 5.41) is 0.478. The van der Waals surface area contributed by atoms with E-state index in [1.54, 1.807) is 6.92 Å². The lowest BCUT2D eigenvalue weighted by Gasteiger charge is -2.03. The number of hydrogen-bond donors (Lipinski definition) is 1. The summed E-state index contributed by atoms with van der Waals surface area (Å²) in [4.78, 5) is 13.5. The fourth-order valence-electron chi connectivity index (χ4n) is 1.77. The van der Waals surface area contributed by atoms with Gasteiger partial charge in [0.15, 0.2) is 17.9 Å². The Morgan fingerprint density at radius 1 is 1.47 bits per heavy atom. The Morgan fingerprint density at radius 3 is 2.80 bits per heavy atom. The zero-order chi connectivity index (χ0) is 11.0. The molecule has 2 aromatic rings. The number of carbonyl (C=O) groups excluding carboxylic acids is 1. The molecule has 78 valence electrons. The largest absolute Gasteiger partial charge is 0.360 e. The number of carbonyl (C=O) groups is 1. The topological polar surface area (TPSA) is 32.9 Å². The van der Waals surface area contributed by atoms with E-state index in [0.717, 1.165) is 6.07 Å². The Morgan fingerprint density at radius 2 is 2.20 bits per heavy atom. The average Bonchev–Trinajstić information content (AvgIpc) is 2.62. The van der Waals surface area contributed by atoms with E-state index < -0.39 is 11.6 Å². The third-order valence-electron chi connectivity index (χ3n) is 2.47. The molecule has 0 amide bonds. The van der Waals surface area contributed by atoms with Crippen molar-refractivity contribution in [3.8, 4) is 0 Å². The molecule has 0 radical (unpaired) electrons. The summed E-state index contributed by atoms with van der Waals surface area (Å²) < 4.78 is 26.5. The van der Waals surface area contributed by atoms with E-state index >= 15 is 0 Å². The van der Waals surface area contributed by atoms with Crippen LogP contribution in [-0.4, -0.2) is 11.3 Å². The van der Waals surface area contributed by atoms with Gasteiger partial charge in [-0.1, -0.05) is 6.92 Å². The number of aromatic amines is 1. The van der Waals surface area contributed by atoms with Crippen LogP contribution in [-0.2, 0) is 6.42 Å². The van der Waals surface area contributed by atoms with Crippen LogP contribution in [0.3, 0.4) is 0 Å². The van der Waals surface area contributed by atoms with Crippen LogP contribution < -0.4 is 0 Å². The van der Waals surface area contributed by atoms with E-state index in [0.29, 0.717) is 29.2 Å². The maximum atomic E-state index is 13.4. The van der Waals surface area contributed by atoms with Crippen molar-refractivity contribution in [3.05, 3.63) is 35.0 Å². The highest BCUT2D eigenvalue weighted by atomic mass is 19.2. The van der Waals surface area contributed by atoms with Crippen molar-refractivity contribution in [1.82, 2.24) is 4.98 Å². The fraction of sp³-hybridized carbons (Fsp3) is 0.182. The second-order valence-corrected chi connectivity index (χ2v) is 3.29. The minimum Gasteiger partial charge on any atom is -0.360 e. The molecule has 1 heterocycles. The number of nitrogens with one attached hydrogen (secondary N) is 1. The SMILES string of the molecule is CCc1c(F)c(F)cc2[nH]cc(C=O)c12. The molecule has 0 saturated carbocycles. The average molecular weight is 209 g/mol. The lowest BCUT2D eigenvalue weighted by Crippen LogP contribution is -1.95. The van der Waals surface area contributed by atoms with Crippen molar-refractivity contribution in [3.63, 3.8) is 0 Å². The lowest BCUT2D eigenvalue weighted by molar-refractivity contribution is 0.112. The van der Waals surface area contributed by atoms with E-state index in [2.05, 4.69) is 4.98 Å². The Kier molecular flexibility index (Phi) is 2.26. The van der Waals surface area contributed by atoms with Crippen LogP contribution in [0, 0.1) is 11.6 Å². The van der Waals surface area contributed by atoms with Gasteiger partial charge in [0.2, 0.25) is 0 Å². The highest BCUT2D eigenvalue weighted by Gasteiger charge is 2.15. The van der Waals surface area contributed by atoms with Crippen molar-refractivity contribution >= 4 is 17.2 Å². The minimum atomic E-state index is -0.890. The fourth-order valence-corrected chi connectivity index (χ4v) is 1.77. The van der Waals surface area contributed by atoms with Gasteiger partial charge in [0.25, 0.3) is 0 Å². The van der Waals surface area contributed by atoms with E-state index in [1.165, 1.54) is 6.20 Å². The molecule has 0 saturated heterocycles. The number of aryl methyl sites for hydroxylation is 1. The van der Waals surface area contributed by atoms with Gasteiger partial charge < -0.3 is 4.98 Å². The van der Waals surface area contributed by atoms with Gasteiger partial charge in [0.05, 0.1) is 0 Å². The molecule has 2 nitrogen and oxygen atoms in total. The molecule has 15 heavy (non-hydrogen) atoms. The monoisotopic (exact) mass is 209 g/mol. The molecule has 0 fully saturated rings. The van der Waals surface area contributed by atoms with Crippen LogP contribution in [0.25, 0.3) is 10.9 Å². The molecule has 1 N–H and O–H groups in total. The Bertz CT molecular complexity index is 531. The number of aldehydes is 1. The second-order valence-electron chi connectivity index (χ2n) is 3.29. The Balaban J connectivity index is 2.92. The Labute approximate surface area is 84.9 Å². The van der Waals surface area contributed by atoms with E-state index in [4.69, 9.17) is 0 Å². The first kappa shape index (κ1) is 9.83. The molecule has 0 atom stereocenters. The molecule has 1 aromatic heterocycles.